The minimum Gasteiger partial charge on any atom is -0.496 e. The van der Waals surface area contributed by atoms with Crippen LogP contribution in [0.1, 0.15) is 47.6 Å². The molecule has 1 heterocycles. The third-order valence-electron chi connectivity index (χ3n) is 5.69. The first-order chi connectivity index (χ1) is 12.3. The van der Waals surface area contributed by atoms with Crippen molar-refractivity contribution in [2.45, 2.75) is 50.7 Å². The third-order valence-corrected chi connectivity index (χ3v) is 5.69. The zero-order valence-corrected chi connectivity index (χ0v) is 15.1. The minimum atomic E-state index is 0.398. The van der Waals surface area contributed by atoms with Crippen LogP contribution >= 0.6 is 0 Å². The van der Waals surface area contributed by atoms with Gasteiger partial charge in [0.2, 0.25) is 0 Å². The molecule has 132 valence electrons. The zero-order chi connectivity index (χ0) is 17.1. The van der Waals surface area contributed by atoms with Gasteiger partial charge in [0.15, 0.2) is 0 Å². The van der Waals surface area contributed by atoms with E-state index in [1.807, 2.05) is 12.1 Å². The Hall–Kier alpha value is -1.84. The fourth-order valence-corrected chi connectivity index (χ4v) is 4.33. The van der Waals surface area contributed by atoms with Gasteiger partial charge in [-0.15, -0.1) is 0 Å². The van der Waals surface area contributed by atoms with E-state index in [0.29, 0.717) is 12.1 Å². The van der Waals surface area contributed by atoms with Gasteiger partial charge < -0.3 is 15.4 Å². The number of methoxy groups -OCH3 is 1. The first-order valence-corrected chi connectivity index (χ1v) is 9.55. The fourth-order valence-electron chi connectivity index (χ4n) is 4.33. The smallest absolute Gasteiger partial charge is 0.123 e. The SMILES string of the molecule is COc1ccccc1CN[C@@H]1CCCN[C@@H]1c1ccc2c(c1)CCC2. The largest absolute Gasteiger partial charge is 0.496 e. The molecule has 1 saturated heterocycles. The lowest BCUT2D eigenvalue weighted by molar-refractivity contribution is 0.302. The van der Waals surface area contributed by atoms with E-state index in [2.05, 4.69) is 41.0 Å². The van der Waals surface area contributed by atoms with Crippen molar-refractivity contribution < 1.29 is 4.74 Å². The van der Waals surface area contributed by atoms with Crippen molar-refractivity contribution >= 4 is 0 Å². The molecular weight excluding hydrogens is 308 g/mol. The molecule has 2 aromatic carbocycles. The normalized spacial score (nSPS) is 22.6. The maximum absolute atomic E-state index is 5.49. The molecule has 0 unspecified atom stereocenters. The predicted molar refractivity (Wildman–Crippen MR) is 102 cm³/mol. The van der Waals surface area contributed by atoms with E-state index in [9.17, 15) is 0 Å². The summed E-state index contributed by atoms with van der Waals surface area (Å²) in [6, 6.07) is 16.3. The molecule has 0 spiro atoms. The molecule has 1 fully saturated rings. The average molecular weight is 336 g/mol. The van der Waals surface area contributed by atoms with Crippen LogP contribution in [0.2, 0.25) is 0 Å². The minimum absolute atomic E-state index is 0.398. The van der Waals surface area contributed by atoms with Gasteiger partial charge in [-0.25, -0.2) is 0 Å². The number of hydrogen-bond acceptors (Lipinski definition) is 3. The molecule has 0 saturated carbocycles. The van der Waals surface area contributed by atoms with Crippen molar-refractivity contribution in [3.8, 4) is 5.75 Å². The number of rotatable bonds is 5. The predicted octanol–water partition coefficient (Wildman–Crippen LogP) is 3.77. The summed E-state index contributed by atoms with van der Waals surface area (Å²) in [5.41, 5.74) is 5.78. The molecule has 0 bridgehead atoms. The highest BCUT2D eigenvalue weighted by Gasteiger charge is 2.27. The monoisotopic (exact) mass is 336 g/mol. The third kappa shape index (κ3) is 3.58. The topological polar surface area (TPSA) is 33.3 Å². The maximum atomic E-state index is 5.49. The van der Waals surface area contributed by atoms with Gasteiger partial charge >= 0.3 is 0 Å². The first kappa shape index (κ1) is 16.6. The van der Waals surface area contributed by atoms with Gasteiger partial charge in [0.25, 0.3) is 0 Å². The number of benzene rings is 2. The van der Waals surface area contributed by atoms with Crippen LogP contribution in [-0.2, 0) is 19.4 Å². The Kier molecular flexibility index (Phi) is 5.04. The number of aryl methyl sites for hydroxylation is 2. The lowest BCUT2D eigenvalue weighted by Crippen LogP contribution is -2.45. The molecular formula is C22H28N2O. The highest BCUT2D eigenvalue weighted by atomic mass is 16.5. The van der Waals surface area contributed by atoms with E-state index >= 15 is 0 Å². The van der Waals surface area contributed by atoms with Gasteiger partial charge in [0, 0.05) is 24.2 Å². The number of hydrogen-bond donors (Lipinski definition) is 2. The molecule has 0 aromatic heterocycles. The fraction of sp³-hybridized carbons (Fsp3) is 0.455. The van der Waals surface area contributed by atoms with E-state index in [1.165, 1.54) is 43.2 Å². The van der Waals surface area contributed by atoms with Gasteiger partial charge in [-0.05, 0) is 61.4 Å². The van der Waals surface area contributed by atoms with Crippen molar-refractivity contribution in [2.75, 3.05) is 13.7 Å². The van der Waals surface area contributed by atoms with E-state index < -0.39 is 0 Å². The number of nitrogens with one attached hydrogen (secondary N) is 2. The Morgan fingerprint density at radius 3 is 2.88 bits per heavy atom. The summed E-state index contributed by atoms with van der Waals surface area (Å²) in [6.45, 7) is 1.95. The van der Waals surface area contributed by atoms with E-state index in [0.717, 1.165) is 18.8 Å². The molecule has 0 amide bonds. The molecule has 2 aliphatic rings. The molecule has 25 heavy (non-hydrogen) atoms. The lowest BCUT2D eigenvalue weighted by Gasteiger charge is -2.34. The number of piperidine rings is 1. The highest BCUT2D eigenvalue weighted by molar-refractivity contribution is 5.37. The number of para-hydroxylation sites is 1. The lowest BCUT2D eigenvalue weighted by atomic mass is 9.90. The van der Waals surface area contributed by atoms with Gasteiger partial charge in [-0.2, -0.15) is 0 Å². The summed E-state index contributed by atoms with van der Waals surface area (Å²) in [6.07, 6.45) is 6.25. The molecule has 2 aromatic rings. The van der Waals surface area contributed by atoms with Crippen LogP contribution in [0.25, 0.3) is 0 Å². The second-order valence-corrected chi connectivity index (χ2v) is 7.25. The summed E-state index contributed by atoms with van der Waals surface area (Å²) < 4.78 is 5.49. The quantitative estimate of drug-likeness (QED) is 0.872. The molecule has 3 nitrogen and oxygen atoms in total. The molecule has 1 aliphatic heterocycles. The van der Waals surface area contributed by atoms with Gasteiger partial charge in [-0.1, -0.05) is 36.4 Å². The van der Waals surface area contributed by atoms with Crippen LogP contribution < -0.4 is 15.4 Å². The summed E-state index contributed by atoms with van der Waals surface area (Å²) in [4.78, 5) is 0. The van der Waals surface area contributed by atoms with E-state index in [-0.39, 0.29) is 0 Å². The Bertz CT molecular complexity index is 728. The standard InChI is InChI=1S/C22H28N2O/c1-25-21-10-3-2-6-19(21)15-24-20-9-5-13-23-22(20)18-12-11-16-7-4-8-17(16)14-18/h2-3,6,10-12,14,20,22-24H,4-5,7-9,13,15H2,1H3/t20-,22-/m1/s1. The number of ether oxygens (including phenoxy) is 1. The van der Waals surface area contributed by atoms with Crippen molar-refractivity contribution in [2.24, 2.45) is 0 Å². The van der Waals surface area contributed by atoms with Gasteiger partial charge in [-0.3, -0.25) is 0 Å². The van der Waals surface area contributed by atoms with Gasteiger partial charge in [0.1, 0.15) is 5.75 Å². The molecule has 2 atom stereocenters. The van der Waals surface area contributed by atoms with Crippen LogP contribution in [0.5, 0.6) is 5.75 Å². The first-order valence-electron chi connectivity index (χ1n) is 9.55. The molecule has 0 radical (unpaired) electrons. The van der Waals surface area contributed by atoms with Crippen molar-refractivity contribution in [1.82, 2.24) is 10.6 Å². The van der Waals surface area contributed by atoms with Crippen molar-refractivity contribution in [1.29, 1.82) is 0 Å². The van der Waals surface area contributed by atoms with E-state index in [4.69, 9.17) is 4.74 Å². The van der Waals surface area contributed by atoms with Crippen LogP contribution in [-0.4, -0.2) is 19.7 Å². The highest BCUT2D eigenvalue weighted by Crippen LogP contribution is 2.29. The van der Waals surface area contributed by atoms with Crippen molar-refractivity contribution in [3.63, 3.8) is 0 Å². The molecule has 1 aliphatic carbocycles. The zero-order valence-electron chi connectivity index (χ0n) is 15.1. The average Bonchev–Trinajstić information content (AvgIpc) is 3.14. The molecule has 2 N–H and O–H groups in total. The second-order valence-electron chi connectivity index (χ2n) is 7.25. The second kappa shape index (κ2) is 7.59. The summed E-state index contributed by atoms with van der Waals surface area (Å²) in [7, 11) is 1.74. The van der Waals surface area contributed by atoms with Crippen molar-refractivity contribution in [3.05, 3.63) is 64.7 Å². The Balaban J connectivity index is 1.49. The van der Waals surface area contributed by atoms with Gasteiger partial charge in [0.05, 0.1) is 7.11 Å². The summed E-state index contributed by atoms with van der Waals surface area (Å²) >= 11 is 0. The summed E-state index contributed by atoms with van der Waals surface area (Å²) in [5.74, 6) is 0.966. The molecule has 4 rings (SSSR count). The molecule has 3 heteroatoms. The van der Waals surface area contributed by atoms with Crippen LogP contribution in [0.15, 0.2) is 42.5 Å². The van der Waals surface area contributed by atoms with E-state index in [1.54, 1.807) is 18.2 Å². The Morgan fingerprint density at radius 2 is 1.96 bits per heavy atom. The number of fused-ring (bicyclic) bond motifs is 1. The van der Waals surface area contributed by atoms with Crippen LogP contribution in [0, 0.1) is 0 Å². The van der Waals surface area contributed by atoms with Crippen LogP contribution in [0.4, 0.5) is 0 Å². The Labute approximate surface area is 150 Å². The van der Waals surface area contributed by atoms with Crippen LogP contribution in [0.3, 0.4) is 0 Å². The Morgan fingerprint density at radius 1 is 1.08 bits per heavy atom. The summed E-state index contributed by atoms with van der Waals surface area (Å²) in [5, 5.41) is 7.53. The maximum Gasteiger partial charge on any atom is 0.123 e.